The van der Waals surface area contributed by atoms with E-state index in [1.54, 1.807) is 0 Å². The predicted molar refractivity (Wildman–Crippen MR) is 32.5 cm³/mol. The van der Waals surface area contributed by atoms with Crippen molar-refractivity contribution in [1.82, 2.24) is 20.2 Å². The number of aromatic nitrogens is 4. The zero-order valence-corrected chi connectivity index (χ0v) is 5.28. The van der Waals surface area contributed by atoms with Gasteiger partial charge in [-0.1, -0.05) is 12.0 Å². The van der Waals surface area contributed by atoms with Gasteiger partial charge in [-0.2, -0.15) is 4.80 Å². The van der Waals surface area contributed by atoms with Crippen LogP contribution in [0.3, 0.4) is 0 Å². The van der Waals surface area contributed by atoms with Gasteiger partial charge >= 0.3 is 0 Å². The molecule has 0 fully saturated rings. The first-order valence-corrected chi connectivity index (χ1v) is 2.86. The highest BCUT2D eigenvalue weighted by Gasteiger charge is 1.93. The molecule has 5 nitrogen and oxygen atoms in total. The van der Waals surface area contributed by atoms with Crippen molar-refractivity contribution in [1.29, 1.82) is 0 Å². The summed E-state index contributed by atoms with van der Waals surface area (Å²) in [4.78, 5) is 1.48. The van der Waals surface area contributed by atoms with Crippen LogP contribution in [0.4, 0.5) is 5.95 Å². The van der Waals surface area contributed by atoms with E-state index >= 15 is 0 Å². The minimum Gasteiger partial charge on any atom is -0.365 e. The minimum atomic E-state index is 0.239. The van der Waals surface area contributed by atoms with Crippen molar-refractivity contribution in [2.75, 3.05) is 5.73 Å². The molecule has 0 radical (unpaired) electrons. The van der Waals surface area contributed by atoms with E-state index in [-0.39, 0.29) is 5.95 Å². The molecular weight excluding hydrogens is 118 g/mol. The van der Waals surface area contributed by atoms with Crippen LogP contribution in [0.15, 0.2) is 0 Å². The number of hydrogen-bond acceptors (Lipinski definition) is 4. The molecule has 0 aromatic carbocycles. The van der Waals surface area contributed by atoms with Crippen LogP contribution in [0.5, 0.6) is 0 Å². The van der Waals surface area contributed by atoms with Gasteiger partial charge in [0, 0.05) is 0 Å². The Balaban J connectivity index is 2.61. The highest BCUT2D eigenvalue weighted by atomic mass is 15.6. The molecule has 0 atom stereocenters. The quantitative estimate of drug-likeness (QED) is 0.590. The molecular formula is C4H9N5. The fourth-order valence-corrected chi connectivity index (χ4v) is 0.550. The molecule has 0 aliphatic carbocycles. The number of hydrogen-bond donors (Lipinski definition) is 1. The Morgan fingerprint density at radius 1 is 1.67 bits per heavy atom. The lowest BCUT2D eigenvalue weighted by Gasteiger charge is -1.88. The van der Waals surface area contributed by atoms with Gasteiger partial charge in [-0.15, -0.1) is 5.10 Å². The number of rotatable bonds is 2. The zero-order valence-electron chi connectivity index (χ0n) is 5.28. The molecule has 1 heterocycles. The molecule has 1 rings (SSSR count). The van der Waals surface area contributed by atoms with E-state index in [0.29, 0.717) is 0 Å². The van der Waals surface area contributed by atoms with E-state index in [1.165, 1.54) is 4.80 Å². The lowest BCUT2D eigenvalue weighted by atomic mass is 10.5. The van der Waals surface area contributed by atoms with Crippen LogP contribution in [-0.4, -0.2) is 20.2 Å². The van der Waals surface area contributed by atoms with Crippen molar-refractivity contribution in [2.24, 2.45) is 0 Å². The van der Waals surface area contributed by atoms with Crippen LogP contribution in [0.25, 0.3) is 0 Å². The van der Waals surface area contributed by atoms with Gasteiger partial charge in [0.1, 0.15) is 0 Å². The van der Waals surface area contributed by atoms with Crippen LogP contribution < -0.4 is 5.73 Å². The molecule has 9 heavy (non-hydrogen) atoms. The van der Waals surface area contributed by atoms with Gasteiger partial charge < -0.3 is 5.73 Å². The average molecular weight is 127 g/mol. The maximum absolute atomic E-state index is 5.20. The second kappa shape index (κ2) is 2.43. The molecule has 0 aliphatic heterocycles. The molecule has 50 valence electrons. The number of nitrogens with zero attached hydrogens (tertiary/aromatic N) is 4. The van der Waals surface area contributed by atoms with E-state index in [1.807, 2.05) is 6.92 Å². The van der Waals surface area contributed by atoms with E-state index in [2.05, 4.69) is 15.4 Å². The second-order valence-corrected chi connectivity index (χ2v) is 1.74. The monoisotopic (exact) mass is 127 g/mol. The summed E-state index contributed by atoms with van der Waals surface area (Å²) in [6, 6.07) is 0. The van der Waals surface area contributed by atoms with Crippen molar-refractivity contribution in [3.05, 3.63) is 0 Å². The van der Waals surface area contributed by atoms with Crippen molar-refractivity contribution < 1.29 is 0 Å². The Bertz CT molecular complexity index is 181. The topological polar surface area (TPSA) is 69.6 Å². The molecule has 5 heteroatoms. The molecule has 0 bridgehead atoms. The van der Waals surface area contributed by atoms with Crippen molar-refractivity contribution in [3.63, 3.8) is 0 Å². The van der Waals surface area contributed by atoms with E-state index < -0.39 is 0 Å². The molecule has 1 aromatic rings. The minimum absolute atomic E-state index is 0.239. The fourth-order valence-electron chi connectivity index (χ4n) is 0.550. The molecule has 2 N–H and O–H groups in total. The summed E-state index contributed by atoms with van der Waals surface area (Å²) in [6.07, 6.45) is 0.996. The number of nitrogens with two attached hydrogens (primary N) is 1. The normalized spacial score (nSPS) is 9.89. The third kappa shape index (κ3) is 1.38. The number of aryl methyl sites for hydroxylation is 1. The maximum Gasteiger partial charge on any atom is 0.260 e. The first-order chi connectivity index (χ1) is 4.33. The Morgan fingerprint density at radius 3 is 2.89 bits per heavy atom. The number of tetrazole rings is 1. The summed E-state index contributed by atoms with van der Waals surface area (Å²) in [6.45, 7) is 2.82. The zero-order chi connectivity index (χ0) is 6.69. The molecule has 0 saturated heterocycles. The summed E-state index contributed by atoms with van der Waals surface area (Å²) in [5, 5.41) is 10.9. The largest absolute Gasteiger partial charge is 0.365 e. The summed E-state index contributed by atoms with van der Waals surface area (Å²) >= 11 is 0. The summed E-state index contributed by atoms with van der Waals surface area (Å²) in [5.41, 5.74) is 5.20. The van der Waals surface area contributed by atoms with Crippen LogP contribution in [0, 0.1) is 0 Å². The highest BCUT2D eigenvalue weighted by molar-refractivity contribution is 5.06. The van der Waals surface area contributed by atoms with Crippen molar-refractivity contribution >= 4 is 5.95 Å². The lowest BCUT2D eigenvalue weighted by Crippen LogP contribution is -2.01. The van der Waals surface area contributed by atoms with Crippen LogP contribution in [0.1, 0.15) is 13.3 Å². The summed E-state index contributed by atoms with van der Waals surface area (Å²) in [7, 11) is 0. The molecule has 0 spiro atoms. The van der Waals surface area contributed by atoms with Crippen LogP contribution in [0.2, 0.25) is 0 Å². The molecule has 0 aliphatic rings. The van der Waals surface area contributed by atoms with Gasteiger partial charge in [0.05, 0.1) is 6.54 Å². The Hall–Kier alpha value is -1.13. The van der Waals surface area contributed by atoms with E-state index in [9.17, 15) is 0 Å². The molecule has 1 aromatic heterocycles. The van der Waals surface area contributed by atoms with Crippen LogP contribution >= 0.6 is 0 Å². The average Bonchev–Trinajstić information content (AvgIpc) is 2.17. The lowest BCUT2D eigenvalue weighted by molar-refractivity contribution is 0.515. The van der Waals surface area contributed by atoms with Gasteiger partial charge in [-0.3, -0.25) is 0 Å². The summed E-state index contributed by atoms with van der Waals surface area (Å²) in [5.74, 6) is 0.239. The maximum atomic E-state index is 5.20. The molecule has 0 saturated carbocycles. The van der Waals surface area contributed by atoms with Gasteiger partial charge in [0.2, 0.25) is 0 Å². The third-order valence-corrected chi connectivity index (χ3v) is 0.892. The third-order valence-electron chi connectivity index (χ3n) is 0.892. The van der Waals surface area contributed by atoms with Gasteiger partial charge in [0.15, 0.2) is 0 Å². The number of anilines is 1. The fraction of sp³-hybridized carbons (Fsp3) is 0.750. The summed E-state index contributed by atoms with van der Waals surface area (Å²) < 4.78 is 0. The first kappa shape index (κ1) is 6.00. The molecule has 0 unspecified atom stereocenters. The Morgan fingerprint density at radius 2 is 2.44 bits per heavy atom. The Kier molecular flexibility index (Phi) is 1.62. The second-order valence-electron chi connectivity index (χ2n) is 1.74. The van der Waals surface area contributed by atoms with Crippen molar-refractivity contribution in [3.8, 4) is 0 Å². The van der Waals surface area contributed by atoms with Crippen molar-refractivity contribution in [2.45, 2.75) is 19.9 Å². The van der Waals surface area contributed by atoms with Crippen LogP contribution in [-0.2, 0) is 6.54 Å². The Labute approximate surface area is 52.8 Å². The van der Waals surface area contributed by atoms with Gasteiger partial charge in [0.25, 0.3) is 5.95 Å². The van der Waals surface area contributed by atoms with Gasteiger partial charge in [-0.25, -0.2) is 0 Å². The smallest absolute Gasteiger partial charge is 0.260 e. The SMILES string of the molecule is CCCn1nnc(N)n1. The van der Waals surface area contributed by atoms with E-state index in [0.717, 1.165) is 13.0 Å². The number of nitrogen functional groups attached to an aromatic ring is 1. The highest BCUT2D eigenvalue weighted by Crippen LogP contribution is 1.85. The van der Waals surface area contributed by atoms with E-state index in [4.69, 9.17) is 5.73 Å². The molecule has 0 amide bonds. The standard InChI is InChI=1S/C4H9N5/c1-2-3-9-7-4(5)6-8-9/h2-3H2,1H3,(H2,5,7). The first-order valence-electron chi connectivity index (χ1n) is 2.86. The predicted octanol–water partition coefficient (Wildman–Crippen LogP) is -0.335. The van der Waals surface area contributed by atoms with Gasteiger partial charge in [-0.05, 0) is 11.6 Å².